The summed E-state index contributed by atoms with van der Waals surface area (Å²) in [7, 11) is 0. The van der Waals surface area contributed by atoms with Gasteiger partial charge in [0.1, 0.15) is 0 Å². The second kappa shape index (κ2) is 8.85. The van der Waals surface area contributed by atoms with Gasteiger partial charge >= 0.3 is 11.9 Å². The quantitative estimate of drug-likeness (QED) is 0.531. The van der Waals surface area contributed by atoms with E-state index in [0.29, 0.717) is 30.8 Å². The van der Waals surface area contributed by atoms with Crippen molar-refractivity contribution in [2.45, 2.75) is 59.8 Å². The maximum atomic E-state index is 12.4. The smallest absolute Gasteiger partial charge is 0.334 e. The van der Waals surface area contributed by atoms with Crippen LogP contribution in [0.2, 0.25) is 0 Å². The van der Waals surface area contributed by atoms with Crippen molar-refractivity contribution in [2.75, 3.05) is 13.2 Å². The van der Waals surface area contributed by atoms with Crippen LogP contribution in [0.1, 0.15) is 59.8 Å². The highest BCUT2D eigenvalue weighted by Crippen LogP contribution is 2.35. The van der Waals surface area contributed by atoms with Crippen LogP contribution in [0, 0.1) is 11.8 Å². The minimum Gasteiger partial charge on any atom is -0.463 e. The van der Waals surface area contributed by atoms with Gasteiger partial charge in [-0.15, -0.1) is 0 Å². The highest BCUT2D eigenvalue weighted by atomic mass is 16.5. The van der Waals surface area contributed by atoms with Crippen molar-refractivity contribution in [3.05, 3.63) is 11.1 Å². The molecule has 0 aromatic carbocycles. The number of carbonyl (C=O) groups is 2. The van der Waals surface area contributed by atoms with Crippen molar-refractivity contribution in [1.29, 1.82) is 0 Å². The molecule has 1 saturated carbocycles. The molecule has 0 radical (unpaired) electrons. The van der Waals surface area contributed by atoms with Gasteiger partial charge in [-0.1, -0.05) is 26.7 Å². The highest BCUT2D eigenvalue weighted by molar-refractivity contribution is 6.00. The average molecular weight is 296 g/mol. The third-order valence-corrected chi connectivity index (χ3v) is 3.72. The lowest BCUT2D eigenvalue weighted by Crippen LogP contribution is -2.22. The van der Waals surface area contributed by atoms with Gasteiger partial charge in [0.2, 0.25) is 0 Å². The maximum Gasteiger partial charge on any atom is 0.334 e. The van der Waals surface area contributed by atoms with Crippen LogP contribution in [-0.4, -0.2) is 25.2 Å². The Balaban J connectivity index is 3.19. The molecule has 1 aliphatic carbocycles. The molecule has 0 aliphatic heterocycles. The fourth-order valence-corrected chi connectivity index (χ4v) is 2.89. The largest absolute Gasteiger partial charge is 0.463 e. The summed E-state index contributed by atoms with van der Waals surface area (Å²) in [4.78, 5) is 24.7. The van der Waals surface area contributed by atoms with E-state index in [-0.39, 0.29) is 23.8 Å². The molecule has 4 nitrogen and oxygen atoms in total. The first-order valence-electron chi connectivity index (χ1n) is 8.08. The lowest BCUT2D eigenvalue weighted by atomic mass is 9.88. The Morgan fingerprint density at radius 1 is 1.00 bits per heavy atom. The first kappa shape index (κ1) is 17.7. The van der Waals surface area contributed by atoms with Crippen LogP contribution < -0.4 is 0 Å². The molecular weight excluding hydrogens is 268 g/mol. The van der Waals surface area contributed by atoms with Gasteiger partial charge < -0.3 is 9.47 Å². The lowest BCUT2D eigenvalue weighted by Gasteiger charge is -2.19. The molecule has 0 atom stereocenters. The fraction of sp³-hybridized carbons (Fsp3) is 0.765. The summed E-state index contributed by atoms with van der Waals surface area (Å²) in [6.45, 7) is 8.29. The number of ether oxygens (including phenoxy) is 2. The molecule has 4 heteroatoms. The zero-order chi connectivity index (χ0) is 15.8. The summed E-state index contributed by atoms with van der Waals surface area (Å²) in [5.74, 6) is -0.272. The van der Waals surface area contributed by atoms with Crippen LogP contribution in [0.5, 0.6) is 0 Å². The Hall–Kier alpha value is -1.32. The molecular formula is C17H28O4. The monoisotopic (exact) mass is 296 g/mol. The molecule has 120 valence electrons. The second-order valence-corrected chi connectivity index (χ2v) is 5.91. The van der Waals surface area contributed by atoms with E-state index in [9.17, 15) is 9.59 Å². The van der Waals surface area contributed by atoms with E-state index in [1.807, 2.05) is 13.8 Å². The van der Waals surface area contributed by atoms with Gasteiger partial charge in [-0.2, -0.15) is 0 Å². The van der Waals surface area contributed by atoms with Crippen molar-refractivity contribution in [3.8, 4) is 0 Å². The summed E-state index contributed by atoms with van der Waals surface area (Å²) in [6, 6.07) is 0. The Morgan fingerprint density at radius 2 is 1.52 bits per heavy atom. The maximum absolute atomic E-state index is 12.4. The topological polar surface area (TPSA) is 52.6 Å². The van der Waals surface area contributed by atoms with Gasteiger partial charge in [-0.05, 0) is 44.9 Å². The Bertz CT molecular complexity index is 390. The zero-order valence-electron chi connectivity index (χ0n) is 13.7. The minimum atomic E-state index is -0.360. The van der Waals surface area contributed by atoms with Gasteiger partial charge in [-0.3, -0.25) is 0 Å². The van der Waals surface area contributed by atoms with E-state index in [0.717, 1.165) is 25.7 Å². The van der Waals surface area contributed by atoms with Gasteiger partial charge in [0.05, 0.1) is 18.8 Å². The molecule has 0 N–H and O–H groups in total. The summed E-state index contributed by atoms with van der Waals surface area (Å²) >= 11 is 0. The van der Waals surface area contributed by atoms with Gasteiger partial charge in [0.25, 0.3) is 0 Å². The SMILES string of the molecule is CCOC(=O)/C(CC(C)C)=C(\C(=O)OCC)C1CCCC1. The molecule has 1 rings (SSSR count). The Morgan fingerprint density at radius 3 is 2.00 bits per heavy atom. The van der Waals surface area contributed by atoms with Crippen LogP contribution in [0.15, 0.2) is 11.1 Å². The van der Waals surface area contributed by atoms with Gasteiger partial charge in [0.15, 0.2) is 0 Å². The Labute approximate surface area is 127 Å². The van der Waals surface area contributed by atoms with Crippen molar-refractivity contribution in [2.24, 2.45) is 11.8 Å². The molecule has 0 aromatic rings. The number of carbonyl (C=O) groups excluding carboxylic acids is 2. The summed E-state index contributed by atoms with van der Waals surface area (Å²) in [5.41, 5.74) is 1.10. The van der Waals surface area contributed by atoms with Crippen LogP contribution in [0.4, 0.5) is 0 Å². The van der Waals surface area contributed by atoms with E-state index in [2.05, 4.69) is 0 Å². The molecule has 21 heavy (non-hydrogen) atoms. The van der Waals surface area contributed by atoms with Gasteiger partial charge in [0, 0.05) is 5.57 Å². The normalized spacial score (nSPS) is 16.8. The van der Waals surface area contributed by atoms with E-state index in [4.69, 9.17) is 9.47 Å². The lowest BCUT2D eigenvalue weighted by molar-refractivity contribution is -0.142. The molecule has 0 heterocycles. The van der Waals surface area contributed by atoms with Crippen molar-refractivity contribution >= 4 is 11.9 Å². The fourth-order valence-electron chi connectivity index (χ4n) is 2.89. The Kier molecular flexibility index (Phi) is 7.48. The predicted molar refractivity (Wildman–Crippen MR) is 81.7 cm³/mol. The summed E-state index contributed by atoms with van der Waals surface area (Å²) in [6.07, 6.45) is 4.67. The zero-order valence-corrected chi connectivity index (χ0v) is 13.7. The molecule has 0 amide bonds. The number of esters is 2. The van der Waals surface area contributed by atoms with E-state index in [1.54, 1.807) is 13.8 Å². The minimum absolute atomic E-state index is 0.141. The van der Waals surface area contributed by atoms with Crippen molar-refractivity contribution in [1.82, 2.24) is 0 Å². The summed E-state index contributed by atoms with van der Waals surface area (Å²) in [5, 5.41) is 0. The standard InChI is InChI=1S/C17H28O4/c1-5-20-16(18)14(11-12(3)4)15(17(19)21-6-2)13-9-7-8-10-13/h12-13H,5-11H2,1-4H3/b15-14-. The van der Waals surface area contributed by atoms with Crippen molar-refractivity contribution in [3.63, 3.8) is 0 Å². The van der Waals surface area contributed by atoms with Crippen molar-refractivity contribution < 1.29 is 19.1 Å². The molecule has 0 spiro atoms. The van der Waals surface area contributed by atoms with E-state index < -0.39 is 0 Å². The molecule has 0 saturated heterocycles. The van der Waals surface area contributed by atoms with Crippen LogP contribution in [-0.2, 0) is 19.1 Å². The number of hydrogen-bond acceptors (Lipinski definition) is 4. The number of hydrogen-bond donors (Lipinski definition) is 0. The molecule has 1 fully saturated rings. The van der Waals surface area contributed by atoms with Crippen LogP contribution >= 0.6 is 0 Å². The first-order chi connectivity index (χ1) is 10.0. The third-order valence-electron chi connectivity index (χ3n) is 3.72. The molecule has 1 aliphatic rings. The highest BCUT2D eigenvalue weighted by Gasteiger charge is 2.31. The predicted octanol–water partition coefficient (Wildman–Crippen LogP) is 3.65. The molecule has 0 aromatic heterocycles. The molecule has 0 bridgehead atoms. The first-order valence-corrected chi connectivity index (χ1v) is 8.08. The van der Waals surface area contributed by atoms with Crippen LogP contribution in [0.25, 0.3) is 0 Å². The average Bonchev–Trinajstić information content (AvgIpc) is 2.92. The van der Waals surface area contributed by atoms with E-state index >= 15 is 0 Å². The number of rotatable bonds is 7. The third kappa shape index (κ3) is 5.18. The van der Waals surface area contributed by atoms with Crippen LogP contribution in [0.3, 0.4) is 0 Å². The molecule has 0 unspecified atom stereocenters. The van der Waals surface area contributed by atoms with E-state index in [1.165, 1.54) is 0 Å². The second-order valence-electron chi connectivity index (χ2n) is 5.91. The summed E-state index contributed by atoms with van der Waals surface area (Å²) < 4.78 is 10.4. The van der Waals surface area contributed by atoms with Gasteiger partial charge in [-0.25, -0.2) is 9.59 Å².